The number of carbonyl (C=O) groups is 2. The van der Waals surface area contributed by atoms with Crippen molar-refractivity contribution in [1.29, 1.82) is 0 Å². The number of methoxy groups -OCH3 is 1. The van der Waals surface area contributed by atoms with Crippen LogP contribution in [0.15, 0.2) is 17.1 Å². The van der Waals surface area contributed by atoms with Crippen LogP contribution in [0, 0.1) is 12.8 Å². The van der Waals surface area contributed by atoms with Crippen molar-refractivity contribution in [3.05, 3.63) is 33.7 Å². The summed E-state index contributed by atoms with van der Waals surface area (Å²) in [5.41, 5.74) is 0.687. The molecule has 1 atom stereocenters. The molecule has 1 amide bonds. The van der Waals surface area contributed by atoms with E-state index in [1.54, 1.807) is 22.6 Å². The smallest absolute Gasteiger partial charge is 0.310 e. The van der Waals surface area contributed by atoms with Crippen LogP contribution in [0.2, 0.25) is 0 Å². The molecule has 7 heteroatoms. The second-order valence-corrected chi connectivity index (χ2v) is 6.83. The molecule has 1 aromatic heterocycles. The maximum absolute atomic E-state index is 13.0. The lowest BCUT2D eigenvalue weighted by Gasteiger charge is -2.26. The van der Waals surface area contributed by atoms with Gasteiger partial charge < -0.3 is 19.5 Å². The quantitative estimate of drug-likeness (QED) is 0.815. The molecular weight excluding hydrogens is 322 g/mol. The third-order valence-electron chi connectivity index (χ3n) is 5.25. The van der Waals surface area contributed by atoms with Gasteiger partial charge in [-0.15, -0.1) is 0 Å². The number of hydrogen-bond acceptors (Lipinski definition) is 5. The van der Waals surface area contributed by atoms with Gasteiger partial charge in [0.2, 0.25) is 0 Å². The first-order valence-corrected chi connectivity index (χ1v) is 8.82. The number of aryl methyl sites for hydroxylation is 1. The van der Waals surface area contributed by atoms with Crippen molar-refractivity contribution in [3.8, 4) is 0 Å². The van der Waals surface area contributed by atoms with Crippen molar-refractivity contribution in [2.75, 3.05) is 33.3 Å². The molecule has 1 unspecified atom stereocenters. The highest BCUT2D eigenvalue weighted by Gasteiger charge is 2.34. The maximum Gasteiger partial charge on any atom is 0.310 e. The van der Waals surface area contributed by atoms with Crippen LogP contribution in [-0.4, -0.2) is 54.6 Å². The molecule has 0 aliphatic carbocycles. The van der Waals surface area contributed by atoms with Crippen molar-refractivity contribution >= 4 is 11.9 Å². The van der Waals surface area contributed by atoms with Crippen molar-refractivity contribution in [3.63, 3.8) is 0 Å². The van der Waals surface area contributed by atoms with Gasteiger partial charge in [-0.25, -0.2) is 0 Å². The molecule has 1 aromatic rings. The van der Waals surface area contributed by atoms with E-state index in [9.17, 15) is 14.4 Å². The normalized spacial score (nSPS) is 21.4. The summed E-state index contributed by atoms with van der Waals surface area (Å²) < 4.78 is 6.47. The number of rotatable bonds is 3. The molecule has 3 rings (SSSR count). The van der Waals surface area contributed by atoms with E-state index >= 15 is 0 Å². The average Bonchev–Trinajstić information content (AvgIpc) is 3.12. The Morgan fingerprint density at radius 1 is 1.24 bits per heavy atom. The average molecular weight is 347 g/mol. The second kappa shape index (κ2) is 7.39. The molecule has 0 spiro atoms. The zero-order chi connectivity index (χ0) is 18.0. The fraction of sp³-hybridized carbons (Fsp3) is 0.611. The first-order valence-electron chi connectivity index (χ1n) is 8.82. The Morgan fingerprint density at radius 3 is 2.64 bits per heavy atom. The van der Waals surface area contributed by atoms with E-state index in [-0.39, 0.29) is 35.0 Å². The van der Waals surface area contributed by atoms with Crippen molar-refractivity contribution in [1.82, 2.24) is 14.8 Å². The largest absolute Gasteiger partial charge is 0.469 e. The predicted molar refractivity (Wildman–Crippen MR) is 92.6 cm³/mol. The first-order chi connectivity index (χ1) is 12.0. The van der Waals surface area contributed by atoms with E-state index < -0.39 is 0 Å². The number of aromatic nitrogens is 1. The van der Waals surface area contributed by atoms with Gasteiger partial charge in [0, 0.05) is 25.3 Å². The van der Waals surface area contributed by atoms with E-state index in [4.69, 9.17) is 4.74 Å². The van der Waals surface area contributed by atoms with Gasteiger partial charge in [-0.3, -0.25) is 14.4 Å². The van der Waals surface area contributed by atoms with Crippen LogP contribution < -0.4 is 10.9 Å². The minimum Gasteiger partial charge on any atom is -0.469 e. The Morgan fingerprint density at radius 2 is 1.96 bits per heavy atom. The molecule has 2 fully saturated rings. The highest BCUT2D eigenvalue weighted by Crippen LogP contribution is 2.21. The van der Waals surface area contributed by atoms with Crippen LogP contribution in [0.1, 0.15) is 41.2 Å². The fourth-order valence-electron chi connectivity index (χ4n) is 3.74. The first kappa shape index (κ1) is 17.7. The van der Waals surface area contributed by atoms with E-state index in [0.717, 1.165) is 25.9 Å². The number of likely N-dealkylation sites (tertiary alicyclic amines) is 1. The summed E-state index contributed by atoms with van der Waals surface area (Å²) in [6, 6.07) is 1.96. The van der Waals surface area contributed by atoms with E-state index in [2.05, 4.69) is 5.32 Å². The number of carbonyl (C=O) groups excluding carboxylic acids is 2. The third-order valence-corrected chi connectivity index (χ3v) is 5.25. The van der Waals surface area contributed by atoms with Crippen LogP contribution >= 0.6 is 0 Å². The van der Waals surface area contributed by atoms with Gasteiger partial charge in [-0.05, 0) is 50.9 Å². The molecule has 1 N–H and O–H groups in total. The minimum absolute atomic E-state index is 0.127. The summed E-state index contributed by atoms with van der Waals surface area (Å²) in [5, 5.41) is 3.28. The number of piperidine rings is 1. The highest BCUT2D eigenvalue weighted by molar-refractivity contribution is 5.95. The number of ether oxygens (including phenoxy) is 1. The van der Waals surface area contributed by atoms with Gasteiger partial charge in [0.1, 0.15) is 5.56 Å². The monoisotopic (exact) mass is 347 g/mol. The van der Waals surface area contributed by atoms with Crippen molar-refractivity contribution in [2.45, 2.75) is 32.2 Å². The Bertz CT molecular complexity index is 722. The van der Waals surface area contributed by atoms with E-state index in [1.165, 1.54) is 7.11 Å². The summed E-state index contributed by atoms with van der Waals surface area (Å²) in [4.78, 5) is 39.2. The Hall–Kier alpha value is -2.15. The SMILES string of the molecule is COC(=O)C1CCN(C(=O)c2c(C)ccn(C3CCNCC3)c2=O)C1. The standard InChI is InChI=1S/C18H25N3O4/c1-12-5-10-21(14-3-7-19-8-4-14)17(23)15(12)16(22)20-9-6-13(11-20)18(24)25-2/h5,10,13-14,19H,3-4,6-9,11H2,1-2H3. The number of amides is 1. The summed E-state index contributed by atoms with van der Waals surface area (Å²) in [7, 11) is 1.35. The number of nitrogens with zero attached hydrogens (tertiary/aromatic N) is 2. The fourth-order valence-corrected chi connectivity index (χ4v) is 3.74. The van der Waals surface area contributed by atoms with Crippen LogP contribution in [0.5, 0.6) is 0 Å². The lowest BCUT2D eigenvalue weighted by molar-refractivity contribution is -0.144. The molecule has 136 valence electrons. The topological polar surface area (TPSA) is 80.6 Å². The zero-order valence-corrected chi connectivity index (χ0v) is 14.8. The van der Waals surface area contributed by atoms with Crippen LogP contribution in [0.3, 0.4) is 0 Å². The van der Waals surface area contributed by atoms with Gasteiger partial charge in [-0.1, -0.05) is 0 Å². The molecule has 7 nitrogen and oxygen atoms in total. The van der Waals surface area contributed by atoms with Crippen LogP contribution in [0.4, 0.5) is 0 Å². The number of nitrogens with one attached hydrogen (secondary N) is 1. The zero-order valence-electron chi connectivity index (χ0n) is 14.8. The van der Waals surface area contributed by atoms with Gasteiger partial charge >= 0.3 is 5.97 Å². The summed E-state index contributed by atoms with van der Waals surface area (Å²) in [6.45, 7) is 4.32. The van der Waals surface area contributed by atoms with Crippen LogP contribution in [-0.2, 0) is 9.53 Å². The molecule has 2 aliphatic heterocycles. The van der Waals surface area contributed by atoms with Gasteiger partial charge in [0.25, 0.3) is 11.5 Å². The van der Waals surface area contributed by atoms with Crippen LogP contribution in [0.25, 0.3) is 0 Å². The van der Waals surface area contributed by atoms with E-state index in [1.807, 2.05) is 6.07 Å². The van der Waals surface area contributed by atoms with Crippen molar-refractivity contribution < 1.29 is 14.3 Å². The van der Waals surface area contributed by atoms with Crippen molar-refractivity contribution in [2.24, 2.45) is 5.92 Å². The Balaban J connectivity index is 1.85. The lowest BCUT2D eigenvalue weighted by Crippen LogP contribution is -2.39. The number of hydrogen-bond donors (Lipinski definition) is 1. The molecule has 3 heterocycles. The second-order valence-electron chi connectivity index (χ2n) is 6.83. The molecule has 0 aromatic carbocycles. The van der Waals surface area contributed by atoms with Gasteiger partial charge in [0.15, 0.2) is 0 Å². The Kier molecular flexibility index (Phi) is 5.22. The molecule has 0 saturated carbocycles. The van der Waals surface area contributed by atoms with Gasteiger partial charge in [0.05, 0.1) is 13.0 Å². The number of esters is 1. The highest BCUT2D eigenvalue weighted by atomic mass is 16.5. The summed E-state index contributed by atoms with van der Waals surface area (Å²) in [6.07, 6.45) is 4.13. The van der Waals surface area contributed by atoms with E-state index in [0.29, 0.717) is 25.1 Å². The maximum atomic E-state index is 13.0. The molecule has 0 radical (unpaired) electrons. The molecule has 0 bridgehead atoms. The predicted octanol–water partition coefficient (Wildman–Crippen LogP) is 0.716. The molecular formula is C18H25N3O4. The lowest BCUT2D eigenvalue weighted by atomic mass is 10.0. The Labute approximate surface area is 147 Å². The third kappa shape index (κ3) is 3.46. The summed E-state index contributed by atoms with van der Waals surface area (Å²) in [5.74, 6) is -0.881. The molecule has 25 heavy (non-hydrogen) atoms. The summed E-state index contributed by atoms with van der Waals surface area (Å²) >= 11 is 0. The molecule has 2 aliphatic rings. The van der Waals surface area contributed by atoms with Gasteiger partial charge in [-0.2, -0.15) is 0 Å². The molecule has 2 saturated heterocycles. The number of pyridine rings is 1. The minimum atomic E-state index is -0.301.